The van der Waals surface area contributed by atoms with Crippen molar-refractivity contribution in [3.63, 3.8) is 0 Å². The molecule has 0 spiro atoms. The van der Waals surface area contributed by atoms with Crippen molar-refractivity contribution in [3.05, 3.63) is 58.1 Å². The zero-order chi connectivity index (χ0) is 15.4. The first kappa shape index (κ1) is 15.7. The van der Waals surface area contributed by atoms with E-state index in [1.165, 1.54) is 6.07 Å². The molecule has 0 radical (unpaired) electrons. The van der Waals surface area contributed by atoms with Gasteiger partial charge >= 0.3 is 0 Å². The minimum Gasteiger partial charge on any atom is -0.489 e. The number of halogens is 2. The number of hydrogen-bond acceptors (Lipinski definition) is 2. The van der Waals surface area contributed by atoms with E-state index in [2.05, 4.69) is 5.32 Å². The Kier molecular flexibility index (Phi) is 5.10. The van der Waals surface area contributed by atoms with E-state index in [0.717, 1.165) is 0 Å². The maximum Gasteiger partial charge on any atom is 0.257 e. The first-order chi connectivity index (χ1) is 9.97. The lowest BCUT2D eigenvalue weighted by Crippen LogP contribution is -2.14. The molecule has 3 nitrogen and oxygen atoms in total. The van der Waals surface area contributed by atoms with Gasteiger partial charge in [0.2, 0.25) is 0 Å². The molecule has 2 aromatic rings. The zero-order valence-corrected chi connectivity index (χ0v) is 13.2. The number of carbonyl (C=O) groups is 1. The second kappa shape index (κ2) is 6.83. The van der Waals surface area contributed by atoms with Crippen LogP contribution >= 0.6 is 23.2 Å². The number of anilines is 1. The van der Waals surface area contributed by atoms with E-state index >= 15 is 0 Å². The van der Waals surface area contributed by atoms with Crippen molar-refractivity contribution < 1.29 is 9.53 Å². The Morgan fingerprint density at radius 1 is 1.14 bits per heavy atom. The number of para-hydroxylation sites is 2. The van der Waals surface area contributed by atoms with Crippen LogP contribution in [0, 0.1) is 0 Å². The Labute approximate surface area is 133 Å². The lowest BCUT2D eigenvalue weighted by atomic mass is 10.2. The Balaban J connectivity index is 2.23. The topological polar surface area (TPSA) is 38.3 Å². The molecule has 0 unspecified atom stereocenters. The highest BCUT2D eigenvalue weighted by Crippen LogP contribution is 2.27. The number of benzene rings is 2. The first-order valence-electron chi connectivity index (χ1n) is 6.49. The van der Waals surface area contributed by atoms with E-state index < -0.39 is 0 Å². The number of nitrogens with one attached hydrogen (secondary N) is 1. The van der Waals surface area contributed by atoms with Gasteiger partial charge in [0.25, 0.3) is 5.91 Å². The summed E-state index contributed by atoms with van der Waals surface area (Å²) in [5.41, 5.74) is 0.961. The number of carbonyl (C=O) groups excluding carboxylic acids is 1. The Hall–Kier alpha value is -1.71. The highest BCUT2D eigenvalue weighted by molar-refractivity contribution is 6.37. The van der Waals surface area contributed by atoms with Crippen molar-refractivity contribution in [2.45, 2.75) is 20.0 Å². The summed E-state index contributed by atoms with van der Waals surface area (Å²) in [6.07, 6.45) is 0.0159. The monoisotopic (exact) mass is 323 g/mol. The largest absolute Gasteiger partial charge is 0.489 e. The lowest BCUT2D eigenvalue weighted by Gasteiger charge is -2.15. The average Bonchev–Trinajstić information content (AvgIpc) is 2.40. The van der Waals surface area contributed by atoms with Crippen molar-refractivity contribution in [2.75, 3.05) is 5.32 Å². The van der Waals surface area contributed by atoms with Crippen molar-refractivity contribution in [1.29, 1.82) is 0 Å². The fraction of sp³-hybridized carbons (Fsp3) is 0.188. The SMILES string of the molecule is CC(C)Oc1ccccc1NC(=O)c1ccc(Cl)cc1Cl. The molecular weight excluding hydrogens is 309 g/mol. The van der Waals surface area contributed by atoms with Crippen LogP contribution in [0.25, 0.3) is 0 Å². The molecule has 1 amide bonds. The summed E-state index contributed by atoms with van der Waals surface area (Å²) in [6, 6.07) is 12.0. The van der Waals surface area contributed by atoms with Gasteiger partial charge in [0, 0.05) is 5.02 Å². The highest BCUT2D eigenvalue weighted by Gasteiger charge is 2.13. The van der Waals surface area contributed by atoms with Gasteiger partial charge in [0.15, 0.2) is 0 Å². The van der Waals surface area contributed by atoms with Crippen LogP contribution in [0.4, 0.5) is 5.69 Å². The van der Waals surface area contributed by atoms with Gasteiger partial charge in [-0.15, -0.1) is 0 Å². The Morgan fingerprint density at radius 3 is 2.52 bits per heavy atom. The molecule has 0 aliphatic rings. The van der Waals surface area contributed by atoms with Gasteiger partial charge in [-0.2, -0.15) is 0 Å². The zero-order valence-electron chi connectivity index (χ0n) is 11.7. The number of amides is 1. The van der Waals surface area contributed by atoms with E-state index in [9.17, 15) is 4.79 Å². The summed E-state index contributed by atoms with van der Waals surface area (Å²) < 4.78 is 5.66. The number of hydrogen-bond donors (Lipinski definition) is 1. The normalized spacial score (nSPS) is 10.5. The van der Waals surface area contributed by atoms with Gasteiger partial charge in [-0.25, -0.2) is 0 Å². The molecule has 2 aromatic carbocycles. The van der Waals surface area contributed by atoms with E-state index in [0.29, 0.717) is 27.0 Å². The maximum atomic E-state index is 12.3. The first-order valence-corrected chi connectivity index (χ1v) is 7.25. The summed E-state index contributed by atoms with van der Waals surface area (Å²) in [7, 11) is 0. The highest BCUT2D eigenvalue weighted by atomic mass is 35.5. The fourth-order valence-electron chi connectivity index (χ4n) is 1.79. The van der Waals surface area contributed by atoms with Crippen LogP contribution in [-0.4, -0.2) is 12.0 Å². The average molecular weight is 324 g/mol. The summed E-state index contributed by atoms with van der Waals surface area (Å²) in [4.78, 5) is 12.3. The summed E-state index contributed by atoms with van der Waals surface area (Å²) in [5.74, 6) is 0.308. The summed E-state index contributed by atoms with van der Waals surface area (Å²) in [5, 5.41) is 3.59. The third-order valence-corrected chi connectivity index (χ3v) is 3.22. The van der Waals surface area contributed by atoms with Crippen molar-refractivity contribution in [3.8, 4) is 5.75 Å². The molecule has 0 fully saturated rings. The molecule has 0 bridgehead atoms. The molecule has 0 aromatic heterocycles. The van der Waals surface area contributed by atoms with Gasteiger partial charge in [-0.05, 0) is 44.2 Å². The second-order valence-electron chi connectivity index (χ2n) is 4.74. The minimum absolute atomic E-state index is 0.0159. The van der Waals surface area contributed by atoms with Crippen LogP contribution in [0.3, 0.4) is 0 Å². The van der Waals surface area contributed by atoms with E-state index in [-0.39, 0.29) is 12.0 Å². The van der Waals surface area contributed by atoms with Crippen LogP contribution in [0.2, 0.25) is 10.0 Å². The predicted molar refractivity (Wildman–Crippen MR) is 86.6 cm³/mol. The predicted octanol–water partition coefficient (Wildman–Crippen LogP) is 5.03. The van der Waals surface area contributed by atoms with E-state index in [1.807, 2.05) is 26.0 Å². The molecule has 110 valence electrons. The molecule has 0 heterocycles. The molecule has 5 heteroatoms. The van der Waals surface area contributed by atoms with Crippen LogP contribution in [0.15, 0.2) is 42.5 Å². The second-order valence-corrected chi connectivity index (χ2v) is 5.58. The maximum absolute atomic E-state index is 12.3. The summed E-state index contributed by atoms with van der Waals surface area (Å²) >= 11 is 11.9. The smallest absolute Gasteiger partial charge is 0.257 e. The third kappa shape index (κ3) is 4.13. The number of rotatable bonds is 4. The molecule has 21 heavy (non-hydrogen) atoms. The fourth-order valence-corrected chi connectivity index (χ4v) is 2.28. The molecule has 0 saturated heterocycles. The standard InChI is InChI=1S/C16H15Cl2NO2/c1-10(2)21-15-6-4-3-5-14(15)19-16(20)12-8-7-11(17)9-13(12)18/h3-10H,1-2H3,(H,19,20). The van der Waals surface area contributed by atoms with Gasteiger partial charge in [0.05, 0.1) is 22.4 Å². The quantitative estimate of drug-likeness (QED) is 0.856. The Bertz CT molecular complexity index is 656. The van der Waals surface area contributed by atoms with Gasteiger partial charge in [0.1, 0.15) is 5.75 Å². The van der Waals surface area contributed by atoms with Crippen LogP contribution in [0.1, 0.15) is 24.2 Å². The van der Waals surface area contributed by atoms with Gasteiger partial charge < -0.3 is 10.1 Å². The van der Waals surface area contributed by atoms with Gasteiger partial charge in [-0.1, -0.05) is 35.3 Å². The third-order valence-electron chi connectivity index (χ3n) is 2.67. The van der Waals surface area contributed by atoms with E-state index in [1.54, 1.807) is 24.3 Å². The number of ether oxygens (including phenoxy) is 1. The lowest BCUT2D eigenvalue weighted by molar-refractivity contribution is 0.102. The Morgan fingerprint density at radius 2 is 1.86 bits per heavy atom. The van der Waals surface area contributed by atoms with Gasteiger partial charge in [-0.3, -0.25) is 4.79 Å². The van der Waals surface area contributed by atoms with Crippen molar-refractivity contribution in [1.82, 2.24) is 0 Å². The molecule has 1 N–H and O–H groups in total. The molecule has 2 rings (SSSR count). The summed E-state index contributed by atoms with van der Waals surface area (Å²) in [6.45, 7) is 3.85. The van der Waals surface area contributed by atoms with Crippen molar-refractivity contribution in [2.24, 2.45) is 0 Å². The molecule has 0 atom stereocenters. The molecule has 0 saturated carbocycles. The van der Waals surface area contributed by atoms with Crippen LogP contribution in [-0.2, 0) is 0 Å². The van der Waals surface area contributed by atoms with Crippen LogP contribution < -0.4 is 10.1 Å². The van der Waals surface area contributed by atoms with Crippen LogP contribution in [0.5, 0.6) is 5.75 Å². The molecular formula is C16H15Cl2NO2. The van der Waals surface area contributed by atoms with E-state index in [4.69, 9.17) is 27.9 Å². The molecule has 0 aliphatic carbocycles. The molecule has 0 aliphatic heterocycles. The van der Waals surface area contributed by atoms with Crippen molar-refractivity contribution >= 4 is 34.8 Å². The minimum atomic E-state index is -0.309.